The first-order valence-electron chi connectivity index (χ1n) is 12.5. The highest BCUT2D eigenvalue weighted by atomic mass is 16.7. The minimum Gasteiger partial charge on any atom is -0.508 e. The fourth-order valence-electron chi connectivity index (χ4n) is 6.57. The third-order valence-electron chi connectivity index (χ3n) is 8.36. The van der Waals surface area contributed by atoms with E-state index in [0.717, 1.165) is 18.4 Å². The molecule has 4 bridgehead atoms. The van der Waals surface area contributed by atoms with Crippen LogP contribution in [0.15, 0.2) is 24.4 Å². The number of rotatable bonds is 5. The summed E-state index contributed by atoms with van der Waals surface area (Å²) in [6, 6.07) is 5.18. The van der Waals surface area contributed by atoms with Crippen LogP contribution in [0.25, 0.3) is 10.9 Å². The van der Waals surface area contributed by atoms with E-state index in [4.69, 9.17) is 14.2 Å². The molecule has 1 aromatic heterocycles. The molecule has 0 amide bonds. The van der Waals surface area contributed by atoms with E-state index in [1.807, 2.05) is 0 Å². The Morgan fingerprint density at radius 3 is 2.43 bits per heavy atom. The van der Waals surface area contributed by atoms with Crippen molar-refractivity contribution in [3.05, 3.63) is 30.0 Å². The van der Waals surface area contributed by atoms with E-state index in [-0.39, 0.29) is 36.0 Å². The van der Waals surface area contributed by atoms with Gasteiger partial charge >= 0.3 is 11.9 Å². The van der Waals surface area contributed by atoms with Crippen molar-refractivity contribution in [3.8, 4) is 5.75 Å². The van der Waals surface area contributed by atoms with Gasteiger partial charge in [-0.2, -0.15) is 0 Å². The van der Waals surface area contributed by atoms with Crippen LogP contribution in [0, 0.1) is 5.92 Å². The summed E-state index contributed by atoms with van der Waals surface area (Å²) in [6.07, 6.45) is -4.15. The molecule has 12 heteroatoms. The number of aliphatic hydroxyl groups is 3. The summed E-state index contributed by atoms with van der Waals surface area (Å²) in [5, 5.41) is 50.0. The standard InChI is InChI=1S/C25H30N2O10/c28-13-1-2-17-15(7-13)16(8-26-17)24(34)35-14-5-11-3-10-4-12(6-14)27(11)9-18(10)36-25-21(31)19(29)20(30)22(37-25)23(32)33/h1-2,7-8,10-12,14,18-22,25-26,28-31H,3-6,9H2,(H,32,33)/t10?,11-,12+,14?,18?,19-,20-,21+,22-,25+/m0/s1. The Labute approximate surface area is 211 Å². The van der Waals surface area contributed by atoms with Crippen LogP contribution in [0.1, 0.15) is 36.0 Å². The third kappa shape index (κ3) is 4.27. The normalized spacial score (nSPS) is 41.0. The monoisotopic (exact) mass is 518 g/mol. The van der Waals surface area contributed by atoms with Gasteiger partial charge in [-0.1, -0.05) is 0 Å². The number of phenolic OH excluding ortho intramolecular Hbond substituents is 1. The largest absolute Gasteiger partial charge is 0.508 e. The van der Waals surface area contributed by atoms with Crippen LogP contribution in [-0.4, -0.2) is 109 Å². The van der Waals surface area contributed by atoms with E-state index in [2.05, 4.69) is 9.88 Å². The lowest BCUT2D eigenvalue weighted by Gasteiger charge is -2.58. The number of piperidine rings is 4. The summed E-state index contributed by atoms with van der Waals surface area (Å²) >= 11 is 0. The van der Waals surface area contributed by atoms with Gasteiger partial charge in [0.25, 0.3) is 0 Å². The Balaban J connectivity index is 1.08. The molecule has 5 fully saturated rings. The SMILES string of the molecule is O=C(OC1C[C@@H]2CC3C[C@H](C1)N2CC3O[C@@H]1O[C@H](C(=O)O)[C@@H](O)[C@H](O)[C@H]1O)c1c[nH]c2ccc(O)cc12. The van der Waals surface area contributed by atoms with E-state index >= 15 is 0 Å². The summed E-state index contributed by atoms with van der Waals surface area (Å²) in [4.78, 5) is 29.7. The van der Waals surface area contributed by atoms with Gasteiger partial charge in [-0.05, 0) is 37.0 Å². The number of carbonyl (C=O) groups is 2. The lowest BCUT2D eigenvalue weighted by atomic mass is 9.71. The minimum absolute atomic E-state index is 0.0734. The predicted molar refractivity (Wildman–Crippen MR) is 125 cm³/mol. The number of H-pyrrole nitrogens is 1. The second-order valence-electron chi connectivity index (χ2n) is 10.6. The number of hydrogen-bond donors (Lipinski definition) is 6. The molecule has 6 heterocycles. The van der Waals surface area contributed by atoms with Gasteiger partial charge in [0, 0.05) is 48.6 Å². The summed E-state index contributed by atoms with van der Waals surface area (Å²) < 4.78 is 17.2. The fraction of sp³-hybridized carbons (Fsp3) is 0.600. The number of phenols is 1. The number of aromatic hydroxyl groups is 1. The Morgan fingerprint density at radius 2 is 1.76 bits per heavy atom. The number of fused-ring (bicyclic) bond motifs is 2. The van der Waals surface area contributed by atoms with Gasteiger partial charge in [0.1, 0.15) is 30.2 Å². The number of aliphatic hydroxyl groups excluding tert-OH is 3. The number of esters is 1. The summed E-state index contributed by atoms with van der Waals surface area (Å²) in [5.41, 5.74) is 1.12. The van der Waals surface area contributed by atoms with Crippen LogP contribution in [0.5, 0.6) is 5.75 Å². The van der Waals surface area contributed by atoms with Gasteiger partial charge in [0.2, 0.25) is 0 Å². The number of nitrogens with zero attached hydrogens (tertiary/aromatic N) is 1. The highest BCUT2D eigenvalue weighted by Crippen LogP contribution is 2.45. The molecule has 12 nitrogen and oxygen atoms in total. The molecule has 7 rings (SSSR count). The van der Waals surface area contributed by atoms with Crippen molar-refractivity contribution in [2.75, 3.05) is 6.54 Å². The van der Waals surface area contributed by atoms with Crippen molar-refractivity contribution >= 4 is 22.8 Å². The van der Waals surface area contributed by atoms with Crippen LogP contribution in [0.4, 0.5) is 0 Å². The molecule has 5 aliphatic rings. The van der Waals surface area contributed by atoms with Gasteiger partial charge in [0.05, 0.1) is 11.7 Å². The van der Waals surface area contributed by atoms with Crippen LogP contribution in [-0.2, 0) is 19.0 Å². The summed E-state index contributed by atoms with van der Waals surface area (Å²) in [6.45, 7) is 0.547. The molecular weight excluding hydrogens is 488 g/mol. The predicted octanol–water partition coefficient (Wildman–Crippen LogP) is -0.0671. The smallest absolute Gasteiger partial charge is 0.340 e. The van der Waals surface area contributed by atoms with Crippen molar-refractivity contribution in [1.82, 2.24) is 9.88 Å². The number of hydrogen-bond acceptors (Lipinski definition) is 10. The number of carbonyl (C=O) groups excluding carboxylic acids is 1. The number of carboxylic acid groups (broad SMARTS) is 1. The Morgan fingerprint density at radius 1 is 1.03 bits per heavy atom. The molecule has 2 aromatic rings. The molecule has 5 aliphatic heterocycles. The first kappa shape index (κ1) is 24.6. The molecule has 37 heavy (non-hydrogen) atoms. The Hall–Kier alpha value is -2.74. The quantitative estimate of drug-likeness (QED) is 0.292. The van der Waals surface area contributed by atoms with Crippen molar-refractivity contribution in [3.63, 3.8) is 0 Å². The molecule has 200 valence electrons. The number of carboxylic acids is 1. The van der Waals surface area contributed by atoms with E-state index < -0.39 is 42.6 Å². The van der Waals surface area contributed by atoms with E-state index in [1.54, 1.807) is 18.3 Å². The highest BCUT2D eigenvalue weighted by molar-refractivity contribution is 6.04. The molecule has 0 spiro atoms. The van der Waals surface area contributed by atoms with Crippen molar-refractivity contribution < 1.29 is 49.3 Å². The fourth-order valence-corrected chi connectivity index (χ4v) is 6.57. The Bertz CT molecular complexity index is 1190. The van der Waals surface area contributed by atoms with E-state index in [0.29, 0.717) is 30.3 Å². The number of nitrogens with one attached hydrogen (secondary N) is 1. The van der Waals surface area contributed by atoms with Gasteiger partial charge in [-0.3, -0.25) is 4.90 Å². The lowest BCUT2D eigenvalue weighted by Crippen LogP contribution is -2.67. The molecule has 0 aliphatic carbocycles. The summed E-state index contributed by atoms with van der Waals surface area (Å²) in [7, 11) is 0. The highest BCUT2D eigenvalue weighted by Gasteiger charge is 2.53. The maximum Gasteiger partial charge on any atom is 0.340 e. The maximum absolute atomic E-state index is 12.9. The van der Waals surface area contributed by atoms with Crippen molar-refractivity contribution in [1.29, 1.82) is 0 Å². The lowest BCUT2D eigenvalue weighted by molar-refractivity contribution is -0.317. The molecular formula is C25H30N2O10. The molecule has 4 unspecified atom stereocenters. The molecule has 1 aromatic carbocycles. The van der Waals surface area contributed by atoms with E-state index in [9.17, 15) is 35.1 Å². The molecule has 0 radical (unpaired) electrons. The zero-order valence-electron chi connectivity index (χ0n) is 19.8. The topological polar surface area (TPSA) is 182 Å². The second-order valence-corrected chi connectivity index (χ2v) is 10.6. The van der Waals surface area contributed by atoms with Gasteiger partial charge in [0.15, 0.2) is 12.4 Å². The van der Waals surface area contributed by atoms with Crippen molar-refractivity contribution in [2.24, 2.45) is 5.92 Å². The van der Waals surface area contributed by atoms with Gasteiger partial charge < -0.3 is 44.7 Å². The third-order valence-corrected chi connectivity index (χ3v) is 8.36. The molecule has 0 saturated carbocycles. The molecule has 11 atom stereocenters. The first-order chi connectivity index (χ1) is 17.7. The second kappa shape index (κ2) is 9.22. The van der Waals surface area contributed by atoms with Crippen LogP contribution in [0.3, 0.4) is 0 Å². The number of aromatic nitrogens is 1. The Kier molecular flexibility index (Phi) is 6.13. The average Bonchev–Trinajstić information content (AvgIpc) is 3.27. The number of benzene rings is 1. The van der Waals surface area contributed by atoms with Crippen molar-refractivity contribution in [2.45, 2.75) is 80.7 Å². The molecule has 6 N–H and O–H groups in total. The van der Waals surface area contributed by atoms with Gasteiger partial charge in [-0.15, -0.1) is 0 Å². The number of aliphatic carboxylic acids is 1. The molecule has 5 saturated heterocycles. The number of ether oxygens (including phenoxy) is 3. The zero-order chi connectivity index (χ0) is 26.0. The number of aromatic amines is 1. The summed E-state index contributed by atoms with van der Waals surface area (Å²) in [5.74, 6) is -1.67. The average molecular weight is 519 g/mol. The van der Waals surface area contributed by atoms with Gasteiger partial charge in [-0.25, -0.2) is 9.59 Å². The first-order valence-corrected chi connectivity index (χ1v) is 12.5. The van der Waals surface area contributed by atoms with E-state index in [1.165, 1.54) is 6.07 Å². The minimum atomic E-state index is -1.76. The van der Waals surface area contributed by atoms with Crippen LogP contribution < -0.4 is 0 Å². The van der Waals surface area contributed by atoms with Crippen LogP contribution in [0.2, 0.25) is 0 Å². The zero-order valence-corrected chi connectivity index (χ0v) is 19.8. The van der Waals surface area contributed by atoms with Crippen LogP contribution >= 0.6 is 0 Å². The maximum atomic E-state index is 12.9.